The largest absolute Gasteiger partial charge is 0.372 e. The first-order valence-electron chi connectivity index (χ1n) is 7.09. The van der Waals surface area contributed by atoms with Gasteiger partial charge in [-0.05, 0) is 50.5 Å². The summed E-state index contributed by atoms with van der Waals surface area (Å²) in [5.74, 6) is 0. The smallest absolute Gasteiger partial charge is 0.236 e. The zero-order valence-electron chi connectivity index (χ0n) is 11.9. The van der Waals surface area contributed by atoms with Crippen molar-refractivity contribution in [2.24, 2.45) is 5.73 Å². The molecule has 112 valence electrons. The molecular weight excluding hydrogens is 274 g/mol. The Morgan fingerprint density at radius 2 is 1.80 bits per heavy atom. The zero-order chi connectivity index (χ0) is 14.6. The molecule has 5 nitrogen and oxygen atoms in total. The van der Waals surface area contributed by atoms with Crippen LogP contribution in [-0.4, -0.2) is 33.3 Å². The van der Waals surface area contributed by atoms with Gasteiger partial charge in [0.15, 0.2) is 0 Å². The van der Waals surface area contributed by atoms with E-state index in [4.69, 9.17) is 5.73 Å². The van der Waals surface area contributed by atoms with Crippen LogP contribution in [0.15, 0.2) is 24.3 Å². The monoisotopic (exact) mass is 297 g/mol. The Bertz CT molecular complexity index is 522. The number of rotatable bonds is 5. The summed E-state index contributed by atoms with van der Waals surface area (Å²) in [4.78, 5) is 2.34. The van der Waals surface area contributed by atoms with Gasteiger partial charge in [-0.25, -0.2) is 8.42 Å². The highest BCUT2D eigenvalue weighted by Gasteiger charge is 2.19. The number of hydrogen-bond donors (Lipinski definition) is 2. The maximum atomic E-state index is 11.9. The molecule has 3 N–H and O–H groups in total. The van der Waals surface area contributed by atoms with Crippen molar-refractivity contribution in [3.63, 3.8) is 0 Å². The summed E-state index contributed by atoms with van der Waals surface area (Å²) in [5.41, 5.74) is 7.15. The Morgan fingerprint density at radius 1 is 1.20 bits per heavy atom. The van der Waals surface area contributed by atoms with Crippen molar-refractivity contribution >= 4 is 21.4 Å². The molecular formula is C14H23N3O2S. The van der Waals surface area contributed by atoms with Gasteiger partial charge in [0.25, 0.3) is 0 Å². The van der Waals surface area contributed by atoms with E-state index in [-0.39, 0.29) is 6.54 Å². The second kappa shape index (κ2) is 6.45. The standard InChI is InChI=1S/C14H23N3O2S/c1-12(11-15)20(18,19)16-13-5-7-14(8-6-13)17-9-3-2-4-10-17/h5-8,12,16H,2-4,9-11,15H2,1H3. The zero-order valence-corrected chi connectivity index (χ0v) is 12.7. The molecule has 0 saturated carbocycles. The minimum Gasteiger partial charge on any atom is -0.372 e. The summed E-state index contributed by atoms with van der Waals surface area (Å²) in [6.45, 7) is 3.87. The third-order valence-electron chi connectivity index (χ3n) is 3.71. The van der Waals surface area contributed by atoms with Crippen molar-refractivity contribution in [1.82, 2.24) is 0 Å². The minimum absolute atomic E-state index is 0.112. The first-order valence-corrected chi connectivity index (χ1v) is 8.64. The van der Waals surface area contributed by atoms with Crippen molar-refractivity contribution in [3.8, 4) is 0 Å². The van der Waals surface area contributed by atoms with Crippen LogP contribution in [-0.2, 0) is 10.0 Å². The first-order chi connectivity index (χ1) is 9.53. The van der Waals surface area contributed by atoms with E-state index >= 15 is 0 Å². The topological polar surface area (TPSA) is 75.4 Å². The lowest BCUT2D eigenvalue weighted by atomic mass is 10.1. The number of hydrogen-bond acceptors (Lipinski definition) is 4. The maximum Gasteiger partial charge on any atom is 0.236 e. The third-order valence-corrected chi connectivity index (χ3v) is 5.48. The van der Waals surface area contributed by atoms with Crippen LogP contribution in [0, 0.1) is 0 Å². The molecule has 1 aliphatic heterocycles. The van der Waals surface area contributed by atoms with Gasteiger partial charge in [0.1, 0.15) is 0 Å². The van der Waals surface area contributed by atoms with Crippen LogP contribution in [0.1, 0.15) is 26.2 Å². The molecule has 1 fully saturated rings. The van der Waals surface area contributed by atoms with Gasteiger partial charge in [-0.3, -0.25) is 4.72 Å². The lowest BCUT2D eigenvalue weighted by molar-refractivity contribution is 0.578. The third kappa shape index (κ3) is 3.64. The lowest BCUT2D eigenvalue weighted by Crippen LogP contribution is -2.31. The SMILES string of the molecule is CC(CN)S(=O)(=O)Nc1ccc(N2CCCCC2)cc1. The van der Waals surface area contributed by atoms with Gasteiger partial charge >= 0.3 is 0 Å². The second-order valence-electron chi connectivity index (χ2n) is 5.29. The first kappa shape index (κ1) is 15.1. The highest BCUT2D eigenvalue weighted by molar-refractivity contribution is 7.93. The molecule has 1 atom stereocenters. The molecule has 1 unspecified atom stereocenters. The van der Waals surface area contributed by atoms with E-state index in [9.17, 15) is 8.42 Å². The Balaban J connectivity index is 2.04. The van der Waals surface area contributed by atoms with Gasteiger partial charge in [0.2, 0.25) is 10.0 Å². The lowest BCUT2D eigenvalue weighted by Gasteiger charge is -2.28. The minimum atomic E-state index is -3.39. The molecule has 0 spiro atoms. The fraction of sp³-hybridized carbons (Fsp3) is 0.571. The molecule has 0 radical (unpaired) electrons. The summed E-state index contributed by atoms with van der Waals surface area (Å²) in [6.07, 6.45) is 3.75. The molecule has 2 rings (SSSR count). The number of sulfonamides is 1. The van der Waals surface area contributed by atoms with E-state index in [1.165, 1.54) is 19.3 Å². The van der Waals surface area contributed by atoms with Gasteiger partial charge in [-0.1, -0.05) is 0 Å². The van der Waals surface area contributed by atoms with Crippen LogP contribution >= 0.6 is 0 Å². The predicted octanol–water partition coefficient (Wildman–Crippen LogP) is 1.77. The predicted molar refractivity (Wildman–Crippen MR) is 83.6 cm³/mol. The number of nitrogens with two attached hydrogens (primary N) is 1. The molecule has 1 aliphatic rings. The molecule has 0 bridgehead atoms. The van der Waals surface area contributed by atoms with Crippen molar-refractivity contribution in [3.05, 3.63) is 24.3 Å². The van der Waals surface area contributed by atoms with Crippen LogP contribution in [0.2, 0.25) is 0 Å². The molecule has 0 aliphatic carbocycles. The molecule has 0 amide bonds. The van der Waals surface area contributed by atoms with E-state index in [0.717, 1.165) is 18.8 Å². The quantitative estimate of drug-likeness (QED) is 0.868. The Kier molecular flexibility index (Phi) is 4.88. The van der Waals surface area contributed by atoms with Crippen LogP contribution in [0.5, 0.6) is 0 Å². The van der Waals surface area contributed by atoms with Crippen LogP contribution in [0.25, 0.3) is 0 Å². The summed E-state index contributed by atoms with van der Waals surface area (Å²) in [6, 6.07) is 7.56. The number of nitrogens with one attached hydrogen (secondary N) is 1. The van der Waals surface area contributed by atoms with Crippen LogP contribution in [0.4, 0.5) is 11.4 Å². The van der Waals surface area contributed by atoms with E-state index in [0.29, 0.717) is 5.69 Å². The number of benzene rings is 1. The van der Waals surface area contributed by atoms with Crippen molar-refractivity contribution < 1.29 is 8.42 Å². The van der Waals surface area contributed by atoms with Gasteiger partial charge in [-0.15, -0.1) is 0 Å². The van der Waals surface area contributed by atoms with Crippen molar-refractivity contribution in [2.75, 3.05) is 29.3 Å². The van der Waals surface area contributed by atoms with Gasteiger partial charge < -0.3 is 10.6 Å². The number of piperidine rings is 1. The molecule has 1 aromatic carbocycles. The summed E-state index contributed by atoms with van der Waals surface area (Å²) < 4.78 is 26.4. The highest BCUT2D eigenvalue weighted by Crippen LogP contribution is 2.22. The molecule has 20 heavy (non-hydrogen) atoms. The van der Waals surface area contributed by atoms with E-state index in [1.54, 1.807) is 6.92 Å². The average molecular weight is 297 g/mol. The summed E-state index contributed by atoms with van der Waals surface area (Å²) in [5, 5.41) is -0.593. The van der Waals surface area contributed by atoms with E-state index in [1.807, 2.05) is 24.3 Å². The summed E-state index contributed by atoms with van der Waals surface area (Å²) >= 11 is 0. The van der Waals surface area contributed by atoms with Crippen LogP contribution < -0.4 is 15.4 Å². The number of nitrogens with zero attached hydrogens (tertiary/aromatic N) is 1. The number of anilines is 2. The maximum absolute atomic E-state index is 11.9. The van der Waals surface area contributed by atoms with Gasteiger partial charge in [0, 0.05) is 31.0 Å². The van der Waals surface area contributed by atoms with Crippen LogP contribution in [0.3, 0.4) is 0 Å². The molecule has 1 saturated heterocycles. The Hall–Kier alpha value is -1.27. The van der Waals surface area contributed by atoms with E-state index in [2.05, 4.69) is 9.62 Å². The van der Waals surface area contributed by atoms with Crippen molar-refractivity contribution in [1.29, 1.82) is 0 Å². The molecule has 1 aromatic rings. The fourth-order valence-electron chi connectivity index (χ4n) is 2.28. The van der Waals surface area contributed by atoms with Gasteiger partial charge in [0.05, 0.1) is 5.25 Å². The van der Waals surface area contributed by atoms with Crippen molar-refractivity contribution in [2.45, 2.75) is 31.4 Å². The normalized spacial score (nSPS) is 17.8. The Morgan fingerprint density at radius 3 is 2.35 bits per heavy atom. The summed E-state index contributed by atoms with van der Waals surface area (Å²) in [7, 11) is -3.39. The Labute approximate surface area is 121 Å². The average Bonchev–Trinajstić information content (AvgIpc) is 2.47. The highest BCUT2D eigenvalue weighted by atomic mass is 32.2. The van der Waals surface area contributed by atoms with Gasteiger partial charge in [-0.2, -0.15) is 0 Å². The molecule has 6 heteroatoms. The molecule has 0 aromatic heterocycles. The van der Waals surface area contributed by atoms with E-state index < -0.39 is 15.3 Å². The fourth-order valence-corrected chi connectivity index (χ4v) is 3.20. The molecule has 1 heterocycles. The second-order valence-corrected chi connectivity index (χ2v) is 7.39.